The molecule has 0 atom stereocenters. The van der Waals surface area contributed by atoms with E-state index in [9.17, 15) is 0 Å². The topological polar surface area (TPSA) is 0 Å². The summed E-state index contributed by atoms with van der Waals surface area (Å²) in [6, 6.07) is 33.5. The van der Waals surface area contributed by atoms with E-state index < -0.39 is 0 Å². The van der Waals surface area contributed by atoms with Crippen molar-refractivity contribution in [2.24, 2.45) is 11.8 Å². The molecule has 0 bridgehead atoms. The predicted molar refractivity (Wildman–Crippen MR) is 216 cm³/mol. The van der Waals surface area contributed by atoms with Gasteiger partial charge in [0.2, 0.25) is 0 Å². The zero-order chi connectivity index (χ0) is 34.2. The second-order valence-corrected chi connectivity index (χ2v) is 16.8. The largest absolute Gasteiger partial charge is 0.0613 e. The van der Waals surface area contributed by atoms with Gasteiger partial charge in [0.15, 0.2) is 0 Å². The smallest absolute Gasteiger partial charge is 0.00520 e. The van der Waals surface area contributed by atoms with Crippen LogP contribution >= 0.6 is 0 Å². The molecule has 0 saturated heterocycles. The van der Waals surface area contributed by atoms with Crippen LogP contribution < -0.4 is 0 Å². The standard InChI is InChI=1S/C50H58/c1-33(2)35-21-25-39(26-22-35)43-19-11-17-41-31-47(37-13-7-5-8-14-37)45(49(41)43)29-30-46-48(38-15-9-6-10-16-38)32-42-18-12-20-44(50(42)46)40-27-23-36(24-28-40)34(3)4/h11-12,17-28,33-34,37-38H,5-10,13-16,29-32H2,1-4H3. The molecule has 0 radical (unpaired) electrons. The molecule has 4 aliphatic carbocycles. The van der Waals surface area contributed by atoms with Gasteiger partial charge in [-0.25, -0.2) is 0 Å². The molecule has 0 heterocycles. The third-order valence-corrected chi connectivity index (χ3v) is 13.0. The molecule has 258 valence electrons. The quantitative estimate of drug-likeness (QED) is 0.168. The molecule has 0 aliphatic heterocycles. The lowest BCUT2D eigenvalue weighted by Crippen LogP contribution is -2.11. The van der Waals surface area contributed by atoms with Crippen LogP contribution in [-0.2, 0) is 12.8 Å². The van der Waals surface area contributed by atoms with E-state index in [-0.39, 0.29) is 0 Å². The van der Waals surface area contributed by atoms with Crippen LogP contribution in [0.5, 0.6) is 0 Å². The van der Waals surface area contributed by atoms with Gasteiger partial charge >= 0.3 is 0 Å². The first-order valence-electron chi connectivity index (χ1n) is 20.3. The van der Waals surface area contributed by atoms with Gasteiger partial charge in [-0.3, -0.25) is 0 Å². The van der Waals surface area contributed by atoms with Crippen LogP contribution in [0.15, 0.2) is 96.1 Å². The van der Waals surface area contributed by atoms with Crippen molar-refractivity contribution < 1.29 is 0 Å². The first kappa shape index (κ1) is 33.5. The maximum Gasteiger partial charge on any atom is -0.00520 e. The zero-order valence-corrected chi connectivity index (χ0v) is 31.3. The van der Waals surface area contributed by atoms with Crippen LogP contribution in [0.1, 0.15) is 150 Å². The van der Waals surface area contributed by atoms with Gasteiger partial charge in [0.1, 0.15) is 0 Å². The number of hydrogen-bond acceptors (Lipinski definition) is 0. The highest BCUT2D eigenvalue weighted by Gasteiger charge is 2.33. The van der Waals surface area contributed by atoms with E-state index in [4.69, 9.17) is 0 Å². The molecule has 0 heteroatoms. The molecule has 4 aliphatic rings. The van der Waals surface area contributed by atoms with Crippen molar-refractivity contribution in [3.63, 3.8) is 0 Å². The summed E-state index contributed by atoms with van der Waals surface area (Å²) in [6.45, 7) is 9.21. The summed E-state index contributed by atoms with van der Waals surface area (Å²) >= 11 is 0. The number of hydrogen-bond donors (Lipinski definition) is 0. The van der Waals surface area contributed by atoms with Crippen LogP contribution in [0.3, 0.4) is 0 Å². The van der Waals surface area contributed by atoms with Crippen LogP contribution in [-0.4, -0.2) is 0 Å². The number of allylic oxidation sites excluding steroid dienone is 4. The van der Waals surface area contributed by atoms with Gasteiger partial charge in [0, 0.05) is 0 Å². The average molecular weight is 659 g/mol. The van der Waals surface area contributed by atoms with Crippen LogP contribution in [0.2, 0.25) is 0 Å². The lowest BCUT2D eigenvalue weighted by molar-refractivity contribution is 0.399. The number of benzene rings is 4. The third-order valence-electron chi connectivity index (χ3n) is 13.0. The monoisotopic (exact) mass is 658 g/mol. The Morgan fingerprint density at radius 3 is 1.20 bits per heavy atom. The molecule has 2 fully saturated rings. The van der Waals surface area contributed by atoms with E-state index in [1.54, 1.807) is 44.5 Å². The summed E-state index contributed by atoms with van der Waals surface area (Å²) in [5.41, 5.74) is 21.9. The summed E-state index contributed by atoms with van der Waals surface area (Å²) in [6.07, 6.45) is 18.5. The van der Waals surface area contributed by atoms with Gasteiger partial charge in [0.25, 0.3) is 0 Å². The molecule has 4 aromatic carbocycles. The van der Waals surface area contributed by atoms with Gasteiger partial charge < -0.3 is 0 Å². The van der Waals surface area contributed by atoms with E-state index in [0.717, 1.165) is 37.5 Å². The Bertz CT molecular complexity index is 1740. The molecular formula is C50H58. The van der Waals surface area contributed by atoms with E-state index >= 15 is 0 Å². The summed E-state index contributed by atoms with van der Waals surface area (Å²) in [4.78, 5) is 0. The molecular weight excluding hydrogens is 601 g/mol. The van der Waals surface area contributed by atoms with Crippen molar-refractivity contribution in [1.82, 2.24) is 0 Å². The summed E-state index contributed by atoms with van der Waals surface area (Å²) < 4.78 is 0. The first-order chi connectivity index (χ1) is 24.5. The second kappa shape index (κ2) is 14.5. The minimum Gasteiger partial charge on any atom is -0.0613 e. The van der Waals surface area contributed by atoms with E-state index in [2.05, 4.69) is 113 Å². The predicted octanol–water partition coefficient (Wildman–Crippen LogP) is 14.5. The van der Waals surface area contributed by atoms with Crippen molar-refractivity contribution in [2.75, 3.05) is 0 Å². The minimum atomic E-state index is 0.554. The van der Waals surface area contributed by atoms with Crippen LogP contribution in [0.25, 0.3) is 33.4 Å². The van der Waals surface area contributed by atoms with Gasteiger partial charge in [0.05, 0.1) is 0 Å². The lowest BCUT2D eigenvalue weighted by atomic mass is 9.79. The Kier molecular flexibility index (Phi) is 9.74. The molecule has 0 amide bonds. The van der Waals surface area contributed by atoms with Crippen molar-refractivity contribution in [3.05, 3.63) is 129 Å². The maximum absolute atomic E-state index is 2.45. The first-order valence-corrected chi connectivity index (χ1v) is 20.3. The average Bonchev–Trinajstić information content (AvgIpc) is 3.73. The fraction of sp³-hybridized carbons (Fsp3) is 0.440. The van der Waals surface area contributed by atoms with Crippen LogP contribution in [0.4, 0.5) is 0 Å². The fourth-order valence-electron chi connectivity index (χ4n) is 10.2. The van der Waals surface area contributed by atoms with Crippen molar-refractivity contribution in [1.29, 1.82) is 0 Å². The lowest BCUT2D eigenvalue weighted by Gasteiger charge is -2.26. The summed E-state index contributed by atoms with van der Waals surface area (Å²) in [5, 5.41) is 0. The Labute approximate surface area is 303 Å². The van der Waals surface area contributed by atoms with Gasteiger partial charge in [-0.1, -0.05) is 162 Å². The molecule has 0 spiro atoms. The van der Waals surface area contributed by atoms with E-state index in [1.807, 2.05) is 0 Å². The highest BCUT2D eigenvalue weighted by atomic mass is 14.4. The number of fused-ring (bicyclic) bond motifs is 2. The maximum atomic E-state index is 2.45. The molecule has 0 N–H and O–H groups in total. The normalized spacial score (nSPS) is 18.4. The van der Waals surface area contributed by atoms with E-state index in [1.165, 1.54) is 97.6 Å². The molecule has 50 heavy (non-hydrogen) atoms. The Morgan fingerprint density at radius 2 is 0.840 bits per heavy atom. The summed E-state index contributed by atoms with van der Waals surface area (Å²) in [5.74, 6) is 2.61. The highest BCUT2D eigenvalue weighted by Crippen LogP contribution is 2.51. The van der Waals surface area contributed by atoms with Gasteiger partial charge in [-0.2, -0.15) is 0 Å². The highest BCUT2D eigenvalue weighted by molar-refractivity contribution is 5.91. The Hall–Kier alpha value is -3.64. The SMILES string of the molecule is CC(C)c1ccc(-c2cccc3c2C(CCC2=C(C4CCCCC4)Cc4cccc(-c5ccc(C(C)C)cc5)c42)=C(C2CCCCC2)C3)cc1. The third kappa shape index (κ3) is 6.49. The Morgan fingerprint density at radius 1 is 0.460 bits per heavy atom. The minimum absolute atomic E-state index is 0.554. The van der Waals surface area contributed by atoms with Gasteiger partial charge in [-0.15, -0.1) is 0 Å². The van der Waals surface area contributed by atoms with Crippen molar-refractivity contribution in [2.45, 2.75) is 129 Å². The zero-order valence-electron chi connectivity index (χ0n) is 31.3. The summed E-state index contributed by atoms with van der Waals surface area (Å²) in [7, 11) is 0. The molecule has 0 aromatic heterocycles. The Balaban J connectivity index is 1.22. The molecule has 0 nitrogen and oxygen atoms in total. The molecule has 4 aromatic rings. The molecule has 2 saturated carbocycles. The van der Waals surface area contributed by atoms with Gasteiger partial charge in [-0.05, 0) is 142 Å². The number of rotatable bonds is 9. The molecule has 0 unspecified atom stereocenters. The van der Waals surface area contributed by atoms with E-state index in [0.29, 0.717) is 11.8 Å². The van der Waals surface area contributed by atoms with Crippen molar-refractivity contribution in [3.8, 4) is 22.3 Å². The fourth-order valence-corrected chi connectivity index (χ4v) is 10.2. The second-order valence-electron chi connectivity index (χ2n) is 16.8. The van der Waals surface area contributed by atoms with Crippen LogP contribution in [0, 0.1) is 11.8 Å². The molecule has 8 rings (SSSR count). The van der Waals surface area contributed by atoms with Crippen molar-refractivity contribution >= 4 is 11.1 Å².